The van der Waals surface area contributed by atoms with Gasteiger partial charge in [-0.25, -0.2) is 8.78 Å². The molecular weight excluding hydrogens is 332 g/mol. The van der Waals surface area contributed by atoms with Crippen molar-refractivity contribution >= 4 is 11.8 Å². The van der Waals surface area contributed by atoms with Gasteiger partial charge < -0.3 is 20.6 Å². The second-order valence-corrected chi connectivity index (χ2v) is 6.27. The first-order chi connectivity index (χ1) is 11.8. The summed E-state index contributed by atoms with van der Waals surface area (Å²) in [6.45, 7) is 2.88. The zero-order chi connectivity index (χ0) is 18.4. The maximum Gasteiger partial charge on any atom is 0.256 e. The van der Waals surface area contributed by atoms with Crippen molar-refractivity contribution in [1.82, 2.24) is 15.5 Å². The van der Waals surface area contributed by atoms with Crippen molar-refractivity contribution in [3.8, 4) is 0 Å². The van der Waals surface area contributed by atoms with Crippen LogP contribution >= 0.6 is 0 Å². The molecule has 0 spiro atoms. The molecule has 3 N–H and O–H groups in total. The topological polar surface area (TPSA) is 81.7 Å². The molecule has 1 atom stereocenters. The Hall–Kier alpha value is -2.06. The summed E-state index contributed by atoms with van der Waals surface area (Å²) in [6, 6.07) is 3.50. The van der Waals surface area contributed by atoms with Crippen LogP contribution in [-0.4, -0.2) is 53.6 Å². The summed E-state index contributed by atoms with van der Waals surface area (Å²) in [6.07, 6.45) is 0.937. The van der Waals surface area contributed by atoms with Crippen LogP contribution in [0.2, 0.25) is 0 Å². The fourth-order valence-electron chi connectivity index (χ4n) is 2.86. The van der Waals surface area contributed by atoms with Gasteiger partial charge in [-0.05, 0) is 30.5 Å². The van der Waals surface area contributed by atoms with Gasteiger partial charge in [-0.3, -0.25) is 9.59 Å². The number of hydrogen-bond donors (Lipinski definition) is 3. The highest BCUT2D eigenvalue weighted by atomic mass is 19.2. The SMILES string of the molecule is CC(=O)NCCNC[C@]1(O)CCCN(Cc2ccc(F)c(F)c2)C1=O. The lowest BCUT2D eigenvalue weighted by Crippen LogP contribution is -2.58. The summed E-state index contributed by atoms with van der Waals surface area (Å²) in [7, 11) is 0. The van der Waals surface area contributed by atoms with E-state index in [0.717, 1.165) is 12.1 Å². The van der Waals surface area contributed by atoms with Crippen LogP contribution in [0.25, 0.3) is 0 Å². The number of benzene rings is 1. The van der Waals surface area contributed by atoms with Gasteiger partial charge in [0.25, 0.3) is 5.91 Å². The molecule has 2 amide bonds. The number of hydrogen-bond acceptors (Lipinski definition) is 4. The summed E-state index contributed by atoms with van der Waals surface area (Å²) in [5, 5.41) is 16.2. The van der Waals surface area contributed by atoms with E-state index in [9.17, 15) is 23.5 Å². The molecule has 25 heavy (non-hydrogen) atoms. The molecule has 1 fully saturated rings. The van der Waals surface area contributed by atoms with E-state index in [1.165, 1.54) is 17.9 Å². The third kappa shape index (κ3) is 5.20. The Kier molecular flexibility index (Phi) is 6.44. The third-order valence-corrected chi connectivity index (χ3v) is 4.15. The molecule has 0 aliphatic carbocycles. The zero-order valence-electron chi connectivity index (χ0n) is 14.1. The second kappa shape index (κ2) is 8.35. The van der Waals surface area contributed by atoms with Gasteiger partial charge in [-0.15, -0.1) is 0 Å². The van der Waals surface area contributed by atoms with Gasteiger partial charge in [0.1, 0.15) is 0 Å². The average Bonchev–Trinajstić information content (AvgIpc) is 2.55. The van der Waals surface area contributed by atoms with Crippen LogP contribution in [0.15, 0.2) is 18.2 Å². The summed E-state index contributed by atoms with van der Waals surface area (Å²) in [5.74, 6) is -2.48. The largest absolute Gasteiger partial charge is 0.379 e. The molecule has 1 aromatic carbocycles. The summed E-state index contributed by atoms with van der Waals surface area (Å²) in [4.78, 5) is 24.8. The second-order valence-electron chi connectivity index (χ2n) is 6.27. The molecular formula is C17H23F2N3O3. The maximum atomic E-state index is 13.3. The molecule has 6 nitrogen and oxygen atoms in total. The van der Waals surface area contributed by atoms with Gasteiger partial charge >= 0.3 is 0 Å². The molecule has 1 aliphatic rings. The van der Waals surface area contributed by atoms with Gasteiger partial charge in [0.15, 0.2) is 17.2 Å². The van der Waals surface area contributed by atoms with E-state index in [1.54, 1.807) is 0 Å². The van der Waals surface area contributed by atoms with E-state index in [1.807, 2.05) is 0 Å². The quantitative estimate of drug-likeness (QED) is 0.624. The number of rotatable bonds is 7. The molecule has 0 saturated carbocycles. The van der Waals surface area contributed by atoms with E-state index < -0.39 is 23.1 Å². The molecule has 1 aliphatic heterocycles. The zero-order valence-corrected chi connectivity index (χ0v) is 14.1. The number of amides is 2. The smallest absolute Gasteiger partial charge is 0.256 e. The Morgan fingerprint density at radius 2 is 2.08 bits per heavy atom. The van der Waals surface area contributed by atoms with Gasteiger partial charge in [-0.1, -0.05) is 6.07 Å². The molecule has 8 heteroatoms. The van der Waals surface area contributed by atoms with Gasteiger partial charge in [0.2, 0.25) is 5.91 Å². The van der Waals surface area contributed by atoms with Gasteiger partial charge in [0.05, 0.1) is 0 Å². The first kappa shape index (κ1) is 19.3. The Morgan fingerprint density at radius 3 is 2.76 bits per heavy atom. The Labute approximate surface area is 145 Å². The Balaban J connectivity index is 1.92. The lowest BCUT2D eigenvalue weighted by molar-refractivity contribution is -0.157. The van der Waals surface area contributed by atoms with E-state index in [2.05, 4.69) is 10.6 Å². The number of nitrogens with one attached hydrogen (secondary N) is 2. The van der Waals surface area contributed by atoms with Crippen LogP contribution < -0.4 is 10.6 Å². The van der Waals surface area contributed by atoms with Crippen LogP contribution in [-0.2, 0) is 16.1 Å². The number of carbonyl (C=O) groups is 2. The molecule has 2 rings (SSSR count). The van der Waals surface area contributed by atoms with E-state index in [0.29, 0.717) is 38.0 Å². The van der Waals surface area contributed by atoms with E-state index >= 15 is 0 Å². The molecule has 1 heterocycles. The van der Waals surface area contributed by atoms with Crippen LogP contribution in [0.1, 0.15) is 25.3 Å². The predicted octanol–water partition coefficient (Wildman–Crippen LogP) is 0.544. The first-order valence-corrected chi connectivity index (χ1v) is 8.23. The van der Waals surface area contributed by atoms with Gasteiger partial charge in [-0.2, -0.15) is 0 Å². The molecule has 0 radical (unpaired) electrons. The predicted molar refractivity (Wildman–Crippen MR) is 87.5 cm³/mol. The molecule has 0 unspecified atom stereocenters. The van der Waals surface area contributed by atoms with Crippen molar-refractivity contribution in [2.24, 2.45) is 0 Å². The Bertz CT molecular complexity index is 642. The Morgan fingerprint density at radius 1 is 1.32 bits per heavy atom. The molecule has 1 saturated heterocycles. The third-order valence-electron chi connectivity index (χ3n) is 4.15. The highest BCUT2D eigenvalue weighted by Gasteiger charge is 2.41. The van der Waals surface area contributed by atoms with Crippen LogP contribution in [0, 0.1) is 11.6 Å². The highest BCUT2D eigenvalue weighted by molar-refractivity contribution is 5.86. The van der Waals surface area contributed by atoms with Gasteiger partial charge in [0, 0.05) is 39.6 Å². The first-order valence-electron chi connectivity index (χ1n) is 8.23. The fraction of sp³-hybridized carbons (Fsp3) is 0.529. The van der Waals surface area contributed by atoms with Crippen molar-refractivity contribution in [2.75, 3.05) is 26.2 Å². The number of aliphatic hydroxyl groups is 1. The van der Waals surface area contributed by atoms with Crippen molar-refractivity contribution in [3.05, 3.63) is 35.4 Å². The fourth-order valence-corrected chi connectivity index (χ4v) is 2.86. The lowest BCUT2D eigenvalue weighted by atomic mass is 9.91. The minimum Gasteiger partial charge on any atom is -0.379 e. The minimum absolute atomic E-state index is 0.0691. The number of nitrogens with zero attached hydrogens (tertiary/aromatic N) is 1. The van der Waals surface area contributed by atoms with Crippen LogP contribution in [0.3, 0.4) is 0 Å². The minimum atomic E-state index is -1.53. The summed E-state index contributed by atoms with van der Waals surface area (Å²) >= 11 is 0. The van der Waals surface area contributed by atoms with Crippen LogP contribution in [0.5, 0.6) is 0 Å². The summed E-state index contributed by atoms with van der Waals surface area (Å²) < 4.78 is 26.3. The summed E-state index contributed by atoms with van der Waals surface area (Å²) in [5.41, 5.74) is -1.07. The van der Waals surface area contributed by atoms with Crippen molar-refractivity contribution in [1.29, 1.82) is 0 Å². The monoisotopic (exact) mass is 355 g/mol. The maximum absolute atomic E-state index is 13.3. The lowest BCUT2D eigenvalue weighted by Gasteiger charge is -2.38. The van der Waals surface area contributed by atoms with Crippen molar-refractivity contribution < 1.29 is 23.5 Å². The van der Waals surface area contributed by atoms with E-state index in [-0.39, 0.29) is 19.0 Å². The molecule has 138 valence electrons. The number of likely N-dealkylation sites (tertiary alicyclic amines) is 1. The molecule has 0 bridgehead atoms. The van der Waals surface area contributed by atoms with Crippen LogP contribution in [0.4, 0.5) is 8.78 Å². The number of piperidine rings is 1. The highest BCUT2D eigenvalue weighted by Crippen LogP contribution is 2.24. The normalized spacial score (nSPS) is 20.6. The van der Waals surface area contributed by atoms with E-state index in [4.69, 9.17) is 0 Å². The number of halogens is 2. The standard InChI is InChI=1S/C17H23F2N3O3/c1-12(23)21-7-6-20-11-17(25)5-2-8-22(16(17)24)10-13-3-4-14(18)15(19)9-13/h3-4,9,20,25H,2,5-8,10-11H2,1H3,(H,21,23)/t17-/m1/s1. The molecule has 1 aromatic rings. The molecule has 0 aromatic heterocycles. The van der Waals surface area contributed by atoms with Crippen molar-refractivity contribution in [2.45, 2.75) is 31.9 Å². The average molecular weight is 355 g/mol. The number of carbonyl (C=O) groups excluding carboxylic acids is 2. The van der Waals surface area contributed by atoms with Crippen molar-refractivity contribution in [3.63, 3.8) is 0 Å².